The first-order chi connectivity index (χ1) is 14.0. The minimum absolute atomic E-state index is 0.284. The largest absolute Gasteiger partial charge is 0.449 e. The number of amides is 1. The van der Waals surface area contributed by atoms with E-state index in [1.54, 1.807) is 18.7 Å². The van der Waals surface area contributed by atoms with Crippen molar-refractivity contribution in [3.05, 3.63) is 71.6 Å². The van der Waals surface area contributed by atoms with Crippen molar-refractivity contribution in [3.8, 4) is 0 Å². The summed E-state index contributed by atoms with van der Waals surface area (Å²) in [4.78, 5) is 27.1. The highest BCUT2D eigenvalue weighted by molar-refractivity contribution is 7.99. The summed E-state index contributed by atoms with van der Waals surface area (Å²) in [5.41, 5.74) is 1.46. The number of carbonyl (C=O) groups is 2. The standard InChI is InChI=1S/C22H22N2O4S/c1-4-17-20(14(2)28-24-17)22(26)27-15(3)21(25)23-18-12-8-9-13-19(18)29-16-10-6-5-7-11-16/h5-13,15H,4H2,1-3H3,(H,23,25)/t15-/m0/s1. The first-order valence-corrected chi connectivity index (χ1v) is 10.1. The zero-order valence-electron chi connectivity index (χ0n) is 16.5. The predicted molar refractivity (Wildman–Crippen MR) is 111 cm³/mol. The van der Waals surface area contributed by atoms with Crippen LogP contribution in [-0.2, 0) is 16.0 Å². The first-order valence-electron chi connectivity index (χ1n) is 9.28. The first kappa shape index (κ1) is 20.7. The summed E-state index contributed by atoms with van der Waals surface area (Å²) in [5, 5.41) is 6.70. The maximum Gasteiger partial charge on any atom is 0.344 e. The number of hydrogen-bond acceptors (Lipinski definition) is 6. The quantitative estimate of drug-likeness (QED) is 0.559. The molecule has 3 rings (SSSR count). The average molecular weight is 410 g/mol. The Morgan fingerprint density at radius 2 is 1.83 bits per heavy atom. The van der Waals surface area contributed by atoms with Crippen molar-refractivity contribution in [2.75, 3.05) is 5.32 Å². The molecular weight excluding hydrogens is 388 g/mol. The van der Waals surface area contributed by atoms with E-state index < -0.39 is 18.0 Å². The van der Waals surface area contributed by atoms with Gasteiger partial charge in [-0.15, -0.1) is 0 Å². The second kappa shape index (κ2) is 9.43. The molecule has 29 heavy (non-hydrogen) atoms. The molecule has 0 aliphatic carbocycles. The Kier molecular flexibility index (Phi) is 6.72. The van der Waals surface area contributed by atoms with Crippen molar-refractivity contribution < 1.29 is 18.8 Å². The fourth-order valence-corrected chi connectivity index (χ4v) is 3.63. The smallest absolute Gasteiger partial charge is 0.344 e. The van der Waals surface area contributed by atoms with E-state index in [1.807, 2.05) is 61.5 Å². The van der Waals surface area contributed by atoms with Gasteiger partial charge in [0.2, 0.25) is 0 Å². The fourth-order valence-electron chi connectivity index (χ4n) is 2.70. The van der Waals surface area contributed by atoms with Crippen molar-refractivity contribution in [1.29, 1.82) is 0 Å². The monoisotopic (exact) mass is 410 g/mol. The molecule has 0 aliphatic rings. The van der Waals surface area contributed by atoms with Crippen LogP contribution in [0.3, 0.4) is 0 Å². The molecule has 0 saturated carbocycles. The molecule has 2 aromatic carbocycles. The van der Waals surface area contributed by atoms with Gasteiger partial charge in [0, 0.05) is 9.79 Å². The third-order valence-corrected chi connectivity index (χ3v) is 5.33. The Balaban J connectivity index is 1.68. The highest BCUT2D eigenvalue weighted by Gasteiger charge is 2.25. The number of aromatic nitrogens is 1. The number of esters is 1. The molecule has 3 aromatic rings. The molecule has 0 radical (unpaired) electrons. The number of nitrogens with zero attached hydrogens (tertiary/aromatic N) is 1. The second-order valence-corrected chi connectivity index (χ2v) is 7.48. The highest BCUT2D eigenvalue weighted by atomic mass is 32.2. The third kappa shape index (κ3) is 5.06. The van der Waals surface area contributed by atoms with Crippen LogP contribution in [0.25, 0.3) is 0 Å². The van der Waals surface area contributed by atoms with Crippen LogP contribution in [0.4, 0.5) is 5.69 Å². The molecule has 1 amide bonds. The normalized spacial score (nSPS) is 11.7. The molecule has 1 N–H and O–H groups in total. The van der Waals surface area contributed by atoms with Crippen molar-refractivity contribution in [2.24, 2.45) is 0 Å². The summed E-state index contributed by atoms with van der Waals surface area (Å²) in [6, 6.07) is 17.4. The molecule has 0 spiro atoms. The van der Waals surface area contributed by atoms with Gasteiger partial charge < -0.3 is 14.6 Å². The third-order valence-electron chi connectivity index (χ3n) is 4.24. The summed E-state index contributed by atoms with van der Waals surface area (Å²) in [6.07, 6.45) is -0.441. The topological polar surface area (TPSA) is 81.4 Å². The van der Waals surface area contributed by atoms with Gasteiger partial charge in [0.15, 0.2) is 6.10 Å². The number of para-hydroxylation sites is 1. The molecule has 1 heterocycles. The SMILES string of the molecule is CCc1noc(C)c1C(=O)O[C@@H](C)C(=O)Nc1ccccc1Sc1ccccc1. The maximum absolute atomic E-state index is 12.6. The van der Waals surface area contributed by atoms with Crippen LogP contribution in [-0.4, -0.2) is 23.1 Å². The summed E-state index contributed by atoms with van der Waals surface area (Å²) >= 11 is 1.54. The molecule has 0 aliphatic heterocycles. The number of ether oxygens (including phenoxy) is 1. The van der Waals surface area contributed by atoms with E-state index in [4.69, 9.17) is 9.26 Å². The Morgan fingerprint density at radius 1 is 1.14 bits per heavy atom. The lowest BCUT2D eigenvalue weighted by atomic mass is 10.1. The van der Waals surface area contributed by atoms with Gasteiger partial charge in [-0.25, -0.2) is 4.79 Å². The summed E-state index contributed by atoms with van der Waals surface area (Å²) in [6.45, 7) is 5.05. The number of benzene rings is 2. The van der Waals surface area contributed by atoms with Gasteiger partial charge in [-0.1, -0.05) is 54.2 Å². The number of rotatable bonds is 7. The highest BCUT2D eigenvalue weighted by Crippen LogP contribution is 2.33. The molecule has 0 unspecified atom stereocenters. The van der Waals surface area contributed by atoms with E-state index in [-0.39, 0.29) is 5.56 Å². The number of anilines is 1. The summed E-state index contributed by atoms with van der Waals surface area (Å²) in [5.74, 6) is -0.647. The Morgan fingerprint density at radius 3 is 2.55 bits per heavy atom. The number of aryl methyl sites for hydroxylation is 2. The van der Waals surface area contributed by atoms with Crippen molar-refractivity contribution >= 4 is 29.3 Å². The average Bonchev–Trinajstić information content (AvgIpc) is 3.10. The van der Waals surface area contributed by atoms with Gasteiger partial charge >= 0.3 is 5.97 Å². The lowest BCUT2D eigenvalue weighted by molar-refractivity contribution is -0.123. The molecule has 0 fully saturated rings. The van der Waals surface area contributed by atoms with Gasteiger partial charge in [-0.2, -0.15) is 0 Å². The number of hydrogen-bond donors (Lipinski definition) is 1. The Hall–Kier alpha value is -3.06. The zero-order chi connectivity index (χ0) is 20.8. The van der Waals surface area contributed by atoms with Gasteiger partial charge in [-0.3, -0.25) is 4.79 Å². The molecule has 150 valence electrons. The van der Waals surface area contributed by atoms with E-state index in [0.29, 0.717) is 23.6 Å². The second-order valence-electron chi connectivity index (χ2n) is 6.36. The van der Waals surface area contributed by atoms with E-state index >= 15 is 0 Å². The van der Waals surface area contributed by atoms with Crippen LogP contribution >= 0.6 is 11.8 Å². The van der Waals surface area contributed by atoms with Crippen LogP contribution in [0, 0.1) is 6.92 Å². The maximum atomic E-state index is 12.6. The molecular formula is C22H22N2O4S. The van der Waals surface area contributed by atoms with Crippen LogP contribution in [0.2, 0.25) is 0 Å². The van der Waals surface area contributed by atoms with Gasteiger partial charge in [-0.05, 0) is 44.5 Å². The van der Waals surface area contributed by atoms with Gasteiger partial charge in [0.1, 0.15) is 11.3 Å². The minimum atomic E-state index is -0.976. The fraction of sp³-hybridized carbons (Fsp3) is 0.227. The number of carbonyl (C=O) groups excluding carboxylic acids is 2. The van der Waals surface area contributed by atoms with E-state index in [9.17, 15) is 9.59 Å². The summed E-state index contributed by atoms with van der Waals surface area (Å²) in [7, 11) is 0. The lowest BCUT2D eigenvalue weighted by Crippen LogP contribution is -2.30. The van der Waals surface area contributed by atoms with Gasteiger partial charge in [0.25, 0.3) is 5.91 Å². The number of nitrogens with one attached hydrogen (secondary N) is 1. The Labute approximate surface area is 173 Å². The molecule has 6 nitrogen and oxygen atoms in total. The molecule has 1 atom stereocenters. The summed E-state index contributed by atoms with van der Waals surface area (Å²) < 4.78 is 10.4. The molecule has 0 saturated heterocycles. The zero-order valence-corrected chi connectivity index (χ0v) is 17.3. The van der Waals surface area contributed by atoms with Crippen LogP contribution < -0.4 is 5.32 Å². The van der Waals surface area contributed by atoms with Crippen LogP contribution in [0.15, 0.2) is 68.9 Å². The lowest BCUT2D eigenvalue weighted by Gasteiger charge is -2.15. The van der Waals surface area contributed by atoms with Crippen LogP contribution in [0.1, 0.15) is 35.7 Å². The van der Waals surface area contributed by atoms with E-state index in [0.717, 1.165) is 9.79 Å². The minimum Gasteiger partial charge on any atom is -0.449 e. The van der Waals surface area contributed by atoms with E-state index in [2.05, 4.69) is 10.5 Å². The molecule has 7 heteroatoms. The van der Waals surface area contributed by atoms with Crippen molar-refractivity contribution in [3.63, 3.8) is 0 Å². The van der Waals surface area contributed by atoms with Gasteiger partial charge in [0.05, 0.1) is 11.4 Å². The van der Waals surface area contributed by atoms with Crippen molar-refractivity contribution in [1.82, 2.24) is 5.16 Å². The predicted octanol–water partition coefficient (Wildman–Crippen LogP) is 4.88. The molecule has 1 aromatic heterocycles. The van der Waals surface area contributed by atoms with Crippen LogP contribution in [0.5, 0.6) is 0 Å². The Bertz CT molecular complexity index is 1000. The molecule has 0 bridgehead atoms. The van der Waals surface area contributed by atoms with Crippen molar-refractivity contribution in [2.45, 2.75) is 43.1 Å². The van der Waals surface area contributed by atoms with E-state index in [1.165, 1.54) is 6.92 Å².